The SMILES string of the molecule is CCCCC1=CCC(CC#N)C=C1. The van der Waals surface area contributed by atoms with Crippen molar-refractivity contribution in [1.82, 2.24) is 0 Å². The summed E-state index contributed by atoms with van der Waals surface area (Å²) in [4.78, 5) is 0. The summed E-state index contributed by atoms with van der Waals surface area (Å²) >= 11 is 0. The van der Waals surface area contributed by atoms with Gasteiger partial charge in [-0.05, 0) is 25.2 Å². The van der Waals surface area contributed by atoms with Crippen LogP contribution in [0.4, 0.5) is 0 Å². The van der Waals surface area contributed by atoms with Gasteiger partial charge in [-0.25, -0.2) is 0 Å². The first-order chi connectivity index (χ1) is 6.36. The van der Waals surface area contributed by atoms with Gasteiger partial charge in [0.1, 0.15) is 0 Å². The number of hydrogen-bond donors (Lipinski definition) is 0. The highest BCUT2D eigenvalue weighted by atomic mass is 14.2. The molecule has 0 N–H and O–H groups in total. The molecule has 0 aromatic rings. The molecular weight excluding hydrogens is 158 g/mol. The van der Waals surface area contributed by atoms with Gasteiger partial charge < -0.3 is 0 Å². The summed E-state index contributed by atoms with van der Waals surface area (Å²) in [5.74, 6) is 0.468. The molecular formula is C12H17N. The molecule has 1 nitrogen and oxygen atoms in total. The van der Waals surface area contributed by atoms with Crippen LogP contribution >= 0.6 is 0 Å². The van der Waals surface area contributed by atoms with Gasteiger partial charge >= 0.3 is 0 Å². The average Bonchev–Trinajstić information content (AvgIpc) is 2.17. The van der Waals surface area contributed by atoms with Crippen molar-refractivity contribution >= 4 is 0 Å². The van der Waals surface area contributed by atoms with Gasteiger partial charge in [-0.1, -0.05) is 37.1 Å². The molecule has 0 saturated carbocycles. The van der Waals surface area contributed by atoms with E-state index in [1.165, 1.54) is 24.8 Å². The van der Waals surface area contributed by atoms with E-state index >= 15 is 0 Å². The summed E-state index contributed by atoms with van der Waals surface area (Å²) in [6, 6.07) is 2.21. The van der Waals surface area contributed by atoms with E-state index in [0.717, 1.165) is 6.42 Å². The highest BCUT2D eigenvalue weighted by Crippen LogP contribution is 2.21. The number of nitrogens with zero attached hydrogens (tertiary/aromatic N) is 1. The highest BCUT2D eigenvalue weighted by Gasteiger charge is 2.07. The Kier molecular flexibility index (Phi) is 4.32. The molecule has 1 aliphatic rings. The normalized spacial score (nSPS) is 20.9. The van der Waals surface area contributed by atoms with Gasteiger partial charge in [0, 0.05) is 6.42 Å². The lowest BCUT2D eigenvalue weighted by Gasteiger charge is -2.12. The van der Waals surface area contributed by atoms with Crippen LogP contribution in [0.15, 0.2) is 23.8 Å². The highest BCUT2D eigenvalue weighted by molar-refractivity contribution is 5.23. The molecule has 1 rings (SSSR count). The molecule has 0 amide bonds. The Morgan fingerprint density at radius 1 is 1.62 bits per heavy atom. The molecule has 0 heterocycles. The van der Waals surface area contributed by atoms with E-state index in [1.807, 2.05) is 0 Å². The summed E-state index contributed by atoms with van der Waals surface area (Å²) < 4.78 is 0. The maximum atomic E-state index is 8.52. The molecule has 0 aromatic heterocycles. The maximum Gasteiger partial charge on any atom is 0.0628 e. The van der Waals surface area contributed by atoms with Crippen LogP contribution in [-0.2, 0) is 0 Å². The Hall–Kier alpha value is -1.03. The number of unbranched alkanes of at least 4 members (excludes halogenated alkanes) is 1. The standard InChI is InChI=1S/C12H17N/c1-2-3-4-11-5-7-12(8-6-11)9-10-13/h5-7,12H,2-4,8-9H2,1H3. The first-order valence-electron chi connectivity index (χ1n) is 5.11. The van der Waals surface area contributed by atoms with Gasteiger partial charge in [-0.3, -0.25) is 0 Å². The number of allylic oxidation sites excluding steroid dienone is 4. The lowest BCUT2D eigenvalue weighted by molar-refractivity contribution is 0.663. The summed E-state index contributed by atoms with van der Waals surface area (Å²) in [6.45, 7) is 2.21. The zero-order valence-corrected chi connectivity index (χ0v) is 8.29. The Morgan fingerprint density at radius 2 is 2.46 bits per heavy atom. The van der Waals surface area contributed by atoms with E-state index < -0.39 is 0 Å². The molecule has 0 fully saturated rings. The Labute approximate surface area is 80.8 Å². The lowest BCUT2D eigenvalue weighted by atomic mass is 9.92. The van der Waals surface area contributed by atoms with Crippen molar-refractivity contribution < 1.29 is 0 Å². The molecule has 0 saturated heterocycles. The third-order valence-corrected chi connectivity index (χ3v) is 2.44. The van der Waals surface area contributed by atoms with Gasteiger partial charge in [0.15, 0.2) is 0 Å². The smallest absolute Gasteiger partial charge is 0.0628 e. The Balaban J connectivity index is 2.33. The van der Waals surface area contributed by atoms with Crippen LogP contribution in [0.3, 0.4) is 0 Å². The average molecular weight is 175 g/mol. The fraction of sp³-hybridized carbons (Fsp3) is 0.583. The Morgan fingerprint density at radius 3 is 3.00 bits per heavy atom. The predicted molar refractivity (Wildman–Crippen MR) is 55.1 cm³/mol. The van der Waals surface area contributed by atoms with Crippen molar-refractivity contribution in [3.63, 3.8) is 0 Å². The maximum absolute atomic E-state index is 8.52. The fourth-order valence-electron chi connectivity index (χ4n) is 1.54. The monoisotopic (exact) mass is 175 g/mol. The molecule has 0 radical (unpaired) electrons. The Bertz CT molecular complexity index is 242. The number of rotatable bonds is 4. The predicted octanol–water partition coefficient (Wildman–Crippen LogP) is 3.59. The van der Waals surface area contributed by atoms with Gasteiger partial charge in [0.05, 0.1) is 6.07 Å². The minimum absolute atomic E-state index is 0.468. The van der Waals surface area contributed by atoms with Crippen molar-refractivity contribution in [2.24, 2.45) is 5.92 Å². The van der Waals surface area contributed by atoms with E-state index in [0.29, 0.717) is 12.3 Å². The number of nitriles is 1. The molecule has 1 unspecified atom stereocenters. The van der Waals surface area contributed by atoms with Gasteiger partial charge in [-0.2, -0.15) is 5.26 Å². The van der Waals surface area contributed by atoms with Crippen molar-refractivity contribution in [1.29, 1.82) is 5.26 Å². The van der Waals surface area contributed by atoms with Crippen LogP contribution in [0.1, 0.15) is 39.0 Å². The summed E-state index contributed by atoms with van der Waals surface area (Å²) in [7, 11) is 0. The largest absolute Gasteiger partial charge is 0.198 e. The third-order valence-electron chi connectivity index (χ3n) is 2.44. The van der Waals surface area contributed by atoms with Crippen LogP contribution < -0.4 is 0 Å². The van der Waals surface area contributed by atoms with E-state index in [1.54, 1.807) is 0 Å². The topological polar surface area (TPSA) is 23.8 Å². The summed E-state index contributed by atoms with van der Waals surface area (Å²) in [6.07, 6.45) is 12.1. The molecule has 0 aromatic carbocycles. The van der Waals surface area contributed by atoms with E-state index in [-0.39, 0.29) is 0 Å². The van der Waals surface area contributed by atoms with Crippen LogP contribution in [0, 0.1) is 17.2 Å². The summed E-state index contributed by atoms with van der Waals surface area (Å²) in [5, 5.41) is 8.52. The minimum atomic E-state index is 0.468. The van der Waals surface area contributed by atoms with Gasteiger partial charge in [0.25, 0.3) is 0 Å². The van der Waals surface area contributed by atoms with E-state index in [4.69, 9.17) is 5.26 Å². The number of hydrogen-bond acceptors (Lipinski definition) is 1. The molecule has 1 heteroatoms. The zero-order valence-electron chi connectivity index (χ0n) is 8.29. The zero-order chi connectivity index (χ0) is 9.52. The van der Waals surface area contributed by atoms with Crippen molar-refractivity contribution in [3.8, 4) is 6.07 Å². The molecule has 1 atom stereocenters. The molecule has 0 aliphatic heterocycles. The molecule has 0 bridgehead atoms. The third kappa shape index (κ3) is 3.46. The second-order valence-electron chi connectivity index (χ2n) is 3.60. The van der Waals surface area contributed by atoms with Crippen LogP contribution in [0.2, 0.25) is 0 Å². The van der Waals surface area contributed by atoms with Gasteiger partial charge in [-0.15, -0.1) is 0 Å². The van der Waals surface area contributed by atoms with E-state index in [2.05, 4.69) is 31.2 Å². The van der Waals surface area contributed by atoms with Gasteiger partial charge in [0.2, 0.25) is 0 Å². The second kappa shape index (κ2) is 5.59. The first-order valence-corrected chi connectivity index (χ1v) is 5.11. The molecule has 13 heavy (non-hydrogen) atoms. The molecule has 0 spiro atoms. The first kappa shape index (κ1) is 10.1. The van der Waals surface area contributed by atoms with Crippen LogP contribution in [-0.4, -0.2) is 0 Å². The van der Waals surface area contributed by atoms with Crippen LogP contribution in [0.25, 0.3) is 0 Å². The second-order valence-corrected chi connectivity index (χ2v) is 3.60. The molecule has 1 aliphatic carbocycles. The lowest BCUT2D eigenvalue weighted by Crippen LogP contribution is -1.98. The molecule has 70 valence electrons. The van der Waals surface area contributed by atoms with Crippen LogP contribution in [0.5, 0.6) is 0 Å². The quantitative estimate of drug-likeness (QED) is 0.640. The summed E-state index contributed by atoms with van der Waals surface area (Å²) in [5.41, 5.74) is 1.45. The van der Waals surface area contributed by atoms with E-state index in [9.17, 15) is 0 Å². The minimum Gasteiger partial charge on any atom is -0.198 e. The van der Waals surface area contributed by atoms with Crippen molar-refractivity contribution in [3.05, 3.63) is 23.8 Å². The fourth-order valence-corrected chi connectivity index (χ4v) is 1.54. The van der Waals surface area contributed by atoms with Crippen molar-refractivity contribution in [2.45, 2.75) is 39.0 Å². The van der Waals surface area contributed by atoms with Crippen molar-refractivity contribution in [2.75, 3.05) is 0 Å².